The molecular weight excluding hydrogens is 366 g/mol. The summed E-state index contributed by atoms with van der Waals surface area (Å²) < 4.78 is 0. The van der Waals surface area contributed by atoms with Crippen LogP contribution in [0.4, 0.5) is 5.82 Å². The average molecular weight is 400 g/mol. The van der Waals surface area contributed by atoms with Gasteiger partial charge in [-0.2, -0.15) is 0 Å². The van der Waals surface area contributed by atoms with Gasteiger partial charge in [0.1, 0.15) is 5.82 Å². The van der Waals surface area contributed by atoms with Crippen LogP contribution in [0.3, 0.4) is 0 Å². The number of amides is 2. The highest BCUT2D eigenvalue weighted by molar-refractivity contribution is 5.78. The Labute approximate surface area is 173 Å². The first-order chi connectivity index (χ1) is 14.1. The van der Waals surface area contributed by atoms with E-state index in [9.17, 15) is 9.59 Å². The molecule has 4 heterocycles. The second-order valence-corrected chi connectivity index (χ2v) is 8.88. The Morgan fingerprint density at radius 2 is 2.17 bits per heavy atom. The topological polar surface area (TPSA) is 91.6 Å². The Balaban J connectivity index is 1.51. The van der Waals surface area contributed by atoms with Crippen LogP contribution in [0.15, 0.2) is 18.3 Å². The number of rotatable bonds is 6. The standard InChI is InChI=1S/C22H33N5O2/c1-2-5-20(28)25-11-19-17-10-16(18-7-3-8-21(29)27(18)19)13-26(14-17)12-15-6-4-9-24-22(15)23/h4,6,9,16-19H,2-3,5,7-8,10-14H2,1H3,(H2,23,24)(H,25,28)/t16-,17-,18-,19-/m0/s1. The molecule has 0 aliphatic carbocycles. The van der Waals surface area contributed by atoms with E-state index < -0.39 is 0 Å². The lowest BCUT2D eigenvalue weighted by molar-refractivity contribution is -0.153. The first kappa shape index (κ1) is 20.1. The van der Waals surface area contributed by atoms with Crippen molar-refractivity contribution in [3.8, 4) is 0 Å². The number of nitrogens with one attached hydrogen (secondary N) is 1. The van der Waals surface area contributed by atoms with E-state index >= 15 is 0 Å². The van der Waals surface area contributed by atoms with Crippen LogP contribution in [0.25, 0.3) is 0 Å². The molecule has 3 N–H and O–H groups in total. The first-order valence-electron chi connectivity index (χ1n) is 11.1. The Morgan fingerprint density at radius 3 is 2.97 bits per heavy atom. The molecule has 2 bridgehead atoms. The summed E-state index contributed by atoms with van der Waals surface area (Å²) in [5, 5.41) is 3.10. The van der Waals surface area contributed by atoms with Gasteiger partial charge in [0, 0.05) is 56.8 Å². The lowest BCUT2D eigenvalue weighted by atomic mass is 9.72. The number of carbonyl (C=O) groups excluding carboxylic acids is 2. The Kier molecular flexibility index (Phi) is 6.04. The molecule has 0 saturated carbocycles. The number of nitrogens with zero attached hydrogens (tertiary/aromatic N) is 3. The second kappa shape index (κ2) is 8.69. The number of hydrogen-bond donors (Lipinski definition) is 2. The van der Waals surface area contributed by atoms with Crippen LogP contribution in [0, 0.1) is 11.8 Å². The molecule has 7 heteroatoms. The third-order valence-corrected chi connectivity index (χ3v) is 6.88. The Bertz CT molecular complexity index is 754. The molecule has 3 aliphatic rings. The molecule has 1 aromatic rings. The summed E-state index contributed by atoms with van der Waals surface area (Å²) >= 11 is 0. The van der Waals surface area contributed by atoms with Crippen molar-refractivity contribution < 1.29 is 9.59 Å². The van der Waals surface area contributed by atoms with E-state index in [0.717, 1.165) is 50.9 Å². The lowest BCUT2D eigenvalue weighted by Crippen LogP contribution is -2.67. The number of anilines is 1. The minimum absolute atomic E-state index is 0.0893. The largest absolute Gasteiger partial charge is 0.383 e. The predicted molar refractivity (Wildman–Crippen MR) is 112 cm³/mol. The van der Waals surface area contributed by atoms with Crippen LogP contribution < -0.4 is 11.1 Å². The van der Waals surface area contributed by atoms with Gasteiger partial charge >= 0.3 is 0 Å². The third-order valence-electron chi connectivity index (χ3n) is 6.88. The number of nitrogen functional groups attached to an aromatic ring is 1. The molecule has 2 amide bonds. The van der Waals surface area contributed by atoms with Gasteiger partial charge in [-0.3, -0.25) is 14.5 Å². The van der Waals surface area contributed by atoms with Crippen LogP contribution in [-0.4, -0.2) is 58.3 Å². The van der Waals surface area contributed by atoms with Crippen molar-refractivity contribution in [1.29, 1.82) is 0 Å². The summed E-state index contributed by atoms with van der Waals surface area (Å²) in [5.74, 6) is 1.84. The number of aromatic nitrogens is 1. The number of hydrogen-bond acceptors (Lipinski definition) is 5. The van der Waals surface area contributed by atoms with Crippen molar-refractivity contribution >= 4 is 17.6 Å². The van der Waals surface area contributed by atoms with Gasteiger partial charge in [-0.1, -0.05) is 13.0 Å². The van der Waals surface area contributed by atoms with E-state index in [4.69, 9.17) is 5.73 Å². The third kappa shape index (κ3) is 4.25. The molecule has 0 aromatic carbocycles. The highest BCUT2D eigenvalue weighted by atomic mass is 16.2. The minimum atomic E-state index is 0.0893. The van der Waals surface area contributed by atoms with Crippen molar-refractivity contribution in [2.45, 2.75) is 64.1 Å². The number of likely N-dealkylation sites (tertiary alicyclic amines) is 1. The summed E-state index contributed by atoms with van der Waals surface area (Å²) in [6, 6.07) is 4.38. The molecule has 3 saturated heterocycles. The molecular formula is C22H33N5O2. The molecule has 4 rings (SSSR count). The van der Waals surface area contributed by atoms with Gasteiger partial charge in [-0.15, -0.1) is 0 Å². The summed E-state index contributed by atoms with van der Waals surface area (Å²) in [6.07, 6.45) is 6.95. The molecule has 0 spiro atoms. The molecule has 0 unspecified atom stereocenters. The number of nitrogens with two attached hydrogens (primary N) is 1. The monoisotopic (exact) mass is 399 g/mol. The summed E-state index contributed by atoms with van der Waals surface area (Å²) in [5.41, 5.74) is 7.14. The fourth-order valence-electron chi connectivity index (χ4n) is 5.62. The molecule has 4 atom stereocenters. The van der Waals surface area contributed by atoms with Crippen LogP contribution >= 0.6 is 0 Å². The van der Waals surface area contributed by atoms with Crippen molar-refractivity contribution in [2.75, 3.05) is 25.4 Å². The van der Waals surface area contributed by atoms with E-state index in [0.29, 0.717) is 43.1 Å². The van der Waals surface area contributed by atoms with Crippen molar-refractivity contribution in [3.63, 3.8) is 0 Å². The highest BCUT2D eigenvalue weighted by Crippen LogP contribution is 2.41. The lowest BCUT2D eigenvalue weighted by Gasteiger charge is -2.56. The van der Waals surface area contributed by atoms with Gasteiger partial charge in [0.05, 0.1) is 6.04 Å². The normalized spacial score (nSPS) is 29.4. The van der Waals surface area contributed by atoms with Gasteiger partial charge in [0.2, 0.25) is 11.8 Å². The average Bonchev–Trinajstić information content (AvgIpc) is 2.70. The number of carbonyl (C=O) groups is 2. The Hall–Kier alpha value is -2.15. The number of pyridine rings is 1. The zero-order valence-corrected chi connectivity index (χ0v) is 17.3. The maximum Gasteiger partial charge on any atom is 0.223 e. The zero-order chi connectivity index (χ0) is 20.4. The molecule has 1 aromatic heterocycles. The van der Waals surface area contributed by atoms with Gasteiger partial charge in [-0.25, -0.2) is 4.98 Å². The van der Waals surface area contributed by atoms with Crippen LogP contribution in [0.1, 0.15) is 51.0 Å². The minimum Gasteiger partial charge on any atom is -0.383 e. The van der Waals surface area contributed by atoms with E-state index in [-0.39, 0.29) is 17.9 Å². The second-order valence-electron chi connectivity index (χ2n) is 8.88. The fourth-order valence-corrected chi connectivity index (χ4v) is 5.62. The van der Waals surface area contributed by atoms with E-state index in [2.05, 4.69) is 20.1 Å². The van der Waals surface area contributed by atoms with Gasteiger partial charge in [0.25, 0.3) is 0 Å². The zero-order valence-electron chi connectivity index (χ0n) is 17.3. The summed E-state index contributed by atoms with van der Waals surface area (Å²) in [6.45, 7) is 5.30. The highest BCUT2D eigenvalue weighted by Gasteiger charge is 2.49. The summed E-state index contributed by atoms with van der Waals surface area (Å²) in [7, 11) is 0. The maximum atomic E-state index is 12.8. The number of fused-ring (bicyclic) bond motifs is 4. The van der Waals surface area contributed by atoms with Crippen molar-refractivity contribution in [3.05, 3.63) is 23.9 Å². The van der Waals surface area contributed by atoms with Crippen molar-refractivity contribution in [2.24, 2.45) is 11.8 Å². The van der Waals surface area contributed by atoms with E-state index in [1.165, 1.54) is 0 Å². The van der Waals surface area contributed by atoms with Gasteiger partial charge < -0.3 is 16.0 Å². The van der Waals surface area contributed by atoms with Crippen molar-refractivity contribution in [1.82, 2.24) is 20.1 Å². The quantitative estimate of drug-likeness (QED) is 0.761. The molecule has 0 radical (unpaired) electrons. The SMILES string of the molecule is CCCC(=O)NC[C@H]1[C@H]2C[C@@H](CN(Cc3cccnc3N)C2)[C@@H]2CCCC(=O)N21. The first-order valence-corrected chi connectivity index (χ1v) is 11.1. The maximum absolute atomic E-state index is 12.8. The fraction of sp³-hybridized carbons (Fsp3) is 0.682. The van der Waals surface area contributed by atoms with Crippen LogP contribution in [0.5, 0.6) is 0 Å². The molecule has 158 valence electrons. The molecule has 29 heavy (non-hydrogen) atoms. The smallest absolute Gasteiger partial charge is 0.223 e. The molecule has 3 fully saturated rings. The predicted octanol–water partition coefficient (Wildman–Crippen LogP) is 1.78. The van der Waals surface area contributed by atoms with Gasteiger partial charge in [0.15, 0.2) is 0 Å². The molecule has 7 nitrogen and oxygen atoms in total. The van der Waals surface area contributed by atoms with Crippen LogP contribution in [0.2, 0.25) is 0 Å². The van der Waals surface area contributed by atoms with Crippen LogP contribution in [-0.2, 0) is 16.1 Å². The van der Waals surface area contributed by atoms with E-state index in [1.54, 1.807) is 6.20 Å². The Morgan fingerprint density at radius 1 is 1.34 bits per heavy atom. The molecule has 3 aliphatic heterocycles. The summed E-state index contributed by atoms with van der Waals surface area (Å²) in [4.78, 5) is 33.8. The van der Waals surface area contributed by atoms with E-state index in [1.807, 2.05) is 19.1 Å². The number of piperidine rings is 3. The van der Waals surface area contributed by atoms with Gasteiger partial charge in [-0.05, 0) is 43.6 Å².